The van der Waals surface area contributed by atoms with Gasteiger partial charge in [0.05, 0.1) is 13.7 Å². The fourth-order valence-corrected chi connectivity index (χ4v) is 1.79. The Bertz CT molecular complexity index is 539. The van der Waals surface area contributed by atoms with Crippen molar-refractivity contribution in [2.24, 2.45) is 0 Å². The lowest BCUT2D eigenvalue weighted by Gasteiger charge is -2.13. The molecule has 0 spiro atoms. The van der Waals surface area contributed by atoms with Crippen LogP contribution in [0, 0.1) is 0 Å². The predicted octanol–water partition coefficient (Wildman–Crippen LogP) is 2.18. The number of hydrogen-bond donors (Lipinski definition) is 1. The van der Waals surface area contributed by atoms with Gasteiger partial charge in [0.1, 0.15) is 5.75 Å². The number of ether oxygens (including phenoxy) is 3. The molecule has 1 aromatic heterocycles. The second-order valence-electron chi connectivity index (χ2n) is 4.31. The van der Waals surface area contributed by atoms with Crippen LogP contribution in [0.5, 0.6) is 5.75 Å². The second-order valence-corrected chi connectivity index (χ2v) is 4.31. The molecular weight excluding hydrogens is 270 g/mol. The number of nitrogens with zero attached hydrogens (tertiary/aromatic N) is 2. The molecule has 1 aromatic carbocycles. The number of rotatable bonds is 7. The summed E-state index contributed by atoms with van der Waals surface area (Å²) in [4.78, 5) is 8.55. The van der Waals surface area contributed by atoms with Crippen molar-refractivity contribution in [3.05, 3.63) is 36.7 Å². The molecule has 0 aliphatic carbocycles. The van der Waals surface area contributed by atoms with Crippen molar-refractivity contribution in [3.63, 3.8) is 0 Å². The van der Waals surface area contributed by atoms with Crippen molar-refractivity contribution < 1.29 is 14.2 Å². The number of benzene rings is 1. The summed E-state index contributed by atoms with van der Waals surface area (Å²) in [6.07, 6.45) is 3.21. The first kappa shape index (κ1) is 15.2. The number of aromatic nitrogens is 2. The van der Waals surface area contributed by atoms with Gasteiger partial charge in [0, 0.05) is 32.2 Å². The van der Waals surface area contributed by atoms with Crippen molar-refractivity contribution >= 4 is 5.95 Å². The lowest BCUT2D eigenvalue weighted by molar-refractivity contribution is -0.0914. The zero-order valence-electron chi connectivity index (χ0n) is 12.4. The molecular formula is C15H19N3O3. The molecule has 6 heteroatoms. The average Bonchev–Trinajstić information content (AvgIpc) is 2.56. The van der Waals surface area contributed by atoms with Crippen molar-refractivity contribution in [3.8, 4) is 16.9 Å². The largest absolute Gasteiger partial charge is 0.497 e. The molecule has 0 aliphatic rings. The minimum absolute atomic E-state index is 0.324. The first-order valence-electron chi connectivity index (χ1n) is 6.52. The Morgan fingerprint density at radius 3 is 2.10 bits per heavy atom. The molecule has 0 aliphatic heterocycles. The third-order valence-corrected chi connectivity index (χ3v) is 3.03. The van der Waals surface area contributed by atoms with Crippen LogP contribution in [0.3, 0.4) is 0 Å². The molecule has 112 valence electrons. The first-order chi connectivity index (χ1) is 10.3. The standard InChI is InChI=1S/C15H19N3O3/c1-19-13-6-4-11(5-7-13)12-8-16-15(17-9-12)18-10-14(20-2)21-3/h4-9,14H,10H2,1-3H3,(H,16,17,18). The Labute approximate surface area is 124 Å². The van der Waals surface area contributed by atoms with Gasteiger partial charge in [-0.05, 0) is 17.7 Å². The maximum atomic E-state index is 5.13. The van der Waals surface area contributed by atoms with E-state index in [9.17, 15) is 0 Å². The van der Waals surface area contributed by atoms with Gasteiger partial charge < -0.3 is 19.5 Å². The normalized spacial score (nSPS) is 10.7. The van der Waals surface area contributed by atoms with Crippen LogP contribution in [0.25, 0.3) is 11.1 Å². The van der Waals surface area contributed by atoms with E-state index in [0.717, 1.165) is 16.9 Å². The topological polar surface area (TPSA) is 65.5 Å². The van der Waals surface area contributed by atoms with Crippen LogP contribution < -0.4 is 10.1 Å². The molecule has 0 fully saturated rings. The number of methoxy groups -OCH3 is 3. The summed E-state index contributed by atoms with van der Waals surface area (Å²) < 4.78 is 15.3. The van der Waals surface area contributed by atoms with E-state index in [1.807, 2.05) is 24.3 Å². The molecule has 0 saturated carbocycles. The Hall–Kier alpha value is -2.18. The highest BCUT2D eigenvalue weighted by atomic mass is 16.7. The van der Waals surface area contributed by atoms with Crippen molar-refractivity contribution in [1.29, 1.82) is 0 Å². The summed E-state index contributed by atoms with van der Waals surface area (Å²) in [5, 5.41) is 3.05. The molecule has 2 aromatic rings. The Morgan fingerprint density at radius 2 is 1.57 bits per heavy atom. The van der Waals surface area contributed by atoms with E-state index in [2.05, 4.69) is 15.3 Å². The zero-order chi connectivity index (χ0) is 15.1. The minimum atomic E-state index is -0.324. The fraction of sp³-hybridized carbons (Fsp3) is 0.333. The van der Waals surface area contributed by atoms with Crippen molar-refractivity contribution in [2.75, 3.05) is 33.2 Å². The molecule has 0 unspecified atom stereocenters. The lowest BCUT2D eigenvalue weighted by Crippen LogP contribution is -2.24. The molecule has 0 radical (unpaired) electrons. The second kappa shape index (κ2) is 7.56. The van der Waals surface area contributed by atoms with Gasteiger partial charge in [-0.3, -0.25) is 0 Å². The van der Waals surface area contributed by atoms with Crippen molar-refractivity contribution in [2.45, 2.75) is 6.29 Å². The summed E-state index contributed by atoms with van der Waals surface area (Å²) in [5.74, 6) is 1.36. The van der Waals surface area contributed by atoms with Gasteiger partial charge in [-0.2, -0.15) is 0 Å². The van der Waals surface area contributed by atoms with E-state index in [0.29, 0.717) is 12.5 Å². The van der Waals surface area contributed by atoms with E-state index in [4.69, 9.17) is 14.2 Å². The SMILES string of the molecule is COc1ccc(-c2cnc(NCC(OC)OC)nc2)cc1. The van der Waals surface area contributed by atoms with Gasteiger partial charge in [0.2, 0.25) is 5.95 Å². The highest BCUT2D eigenvalue weighted by Crippen LogP contribution is 2.21. The Morgan fingerprint density at radius 1 is 0.952 bits per heavy atom. The predicted molar refractivity (Wildman–Crippen MR) is 80.3 cm³/mol. The molecule has 1 heterocycles. The molecule has 6 nitrogen and oxygen atoms in total. The number of hydrogen-bond acceptors (Lipinski definition) is 6. The first-order valence-corrected chi connectivity index (χ1v) is 6.52. The van der Waals surface area contributed by atoms with E-state index in [-0.39, 0.29) is 6.29 Å². The van der Waals surface area contributed by atoms with Gasteiger partial charge in [0.25, 0.3) is 0 Å². The van der Waals surface area contributed by atoms with Crippen LogP contribution in [0.15, 0.2) is 36.7 Å². The lowest BCUT2D eigenvalue weighted by atomic mass is 10.1. The quantitative estimate of drug-likeness (QED) is 0.788. The van der Waals surface area contributed by atoms with Gasteiger partial charge in [-0.1, -0.05) is 12.1 Å². The van der Waals surface area contributed by atoms with Crippen LogP contribution in [0.4, 0.5) is 5.95 Å². The van der Waals surface area contributed by atoms with Gasteiger partial charge >= 0.3 is 0 Å². The van der Waals surface area contributed by atoms with Crippen LogP contribution in [-0.2, 0) is 9.47 Å². The number of anilines is 1. The third-order valence-electron chi connectivity index (χ3n) is 3.03. The monoisotopic (exact) mass is 289 g/mol. The van der Waals surface area contributed by atoms with Gasteiger partial charge in [-0.25, -0.2) is 9.97 Å². The van der Waals surface area contributed by atoms with Crippen LogP contribution >= 0.6 is 0 Å². The molecule has 1 N–H and O–H groups in total. The van der Waals surface area contributed by atoms with Crippen LogP contribution in [-0.4, -0.2) is 44.1 Å². The maximum Gasteiger partial charge on any atom is 0.222 e. The Kier molecular flexibility index (Phi) is 5.48. The van der Waals surface area contributed by atoms with Gasteiger partial charge in [0.15, 0.2) is 6.29 Å². The third kappa shape index (κ3) is 4.14. The van der Waals surface area contributed by atoms with Gasteiger partial charge in [-0.15, -0.1) is 0 Å². The van der Waals surface area contributed by atoms with E-state index < -0.39 is 0 Å². The highest BCUT2D eigenvalue weighted by Gasteiger charge is 2.06. The zero-order valence-corrected chi connectivity index (χ0v) is 12.4. The summed E-state index contributed by atoms with van der Waals surface area (Å²) in [6, 6.07) is 7.75. The fourth-order valence-electron chi connectivity index (χ4n) is 1.79. The average molecular weight is 289 g/mol. The molecule has 0 amide bonds. The van der Waals surface area contributed by atoms with E-state index in [1.54, 1.807) is 33.7 Å². The minimum Gasteiger partial charge on any atom is -0.497 e. The van der Waals surface area contributed by atoms with Crippen molar-refractivity contribution in [1.82, 2.24) is 9.97 Å². The maximum absolute atomic E-state index is 5.13. The smallest absolute Gasteiger partial charge is 0.222 e. The molecule has 0 saturated heterocycles. The molecule has 2 rings (SSSR count). The molecule has 0 atom stereocenters. The summed E-state index contributed by atoms with van der Waals surface area (Å²) in [5.41, 5.74) is 1.98. The highest BCUT2D eigenvalue weighted by molar-refractivity contribution is 5.62. The summed E-state index contributed by atoms with van der Waals surface area (Å²) in [7, 11) is 4.82. The molecule has 0 bridgehead atoms. The van der Waals surface area contributed by atoms with Crippen LogP contribution in [0.2, 0.25) is 0 Å². The summed E-state index contributed by atoms with van der Waals surface area (Å²) in [6.45, 7) is 0.481. The Balaban J connectivity index is 2.00. The van der Waals surface area contributed by atoms with E-state index >= 15 is 0 Å². The molecule has 21 heavy (non-hydrogen) atoms. The van der Waals surface area contributed by atoms with Crippen LogP contribution in [0.1, 0.15) is 0 Å². The van der Waals surface area contributed by atoms with E-state index in [1.165, 1.54) is 0 Å². The summed E-state index contributed by atoms with van der Waals surface area (Å²) >= 11 is 0. The number of nitrogens with one attached hydrogen (secondary N) is 1.